The summed E-state index contributed by atoms with van der Waals surface area (Å²) in [7, 11) is 0. The second-order valence-electron chi connectivity index (χ2n) is 4.54. The molecule has 1 atom stereocenters. The third kappa shape index (κ3) is 3.34. The highest BCUT2D eigenvalue weighted by Gasteiger charge is 2.31. The molecule has 0 fully saturated rings. The van der Waals surface area contributed by atoms with Crippen LogP contribution in [0.3, 0.4) is 0 Å². The van der Waals surface area contributed by atoms with Crippen molar-refractivity contribution in [1.82, 2.24) is 4.98 Å². The van der Waals surface area contributed by atoms with Crippen LogP contribution in [0, 0.1) is 18.3 Å². The van der Waals surface area contributed by atoms with Crippen LogP contribution >= 0.6 is 11.3 Å². The predicted octanol–water partition coefficient (Wildman–Crippen LogP) is 4.52. The number of hydrogen-bond acceptors (Lipinski definition) is 4. The van der Waals surface area contributed by atoms with E-state index in [0.29, 0.717) is 5.69 Å². The van der Waals surface area contributed by atoms with E-state index in [1.165, 1.54) is 17.4 Å². The minimum atomic E-state index is -4.45. The van der Waals surface area contributed by atoms with Gasteiger partial charge in [-0.15, -0.1) is 11.3 Å². The number of rotatable bonds is 3. The molecule has 2 rings (SSSR count). The first-order valence-corrected chi connectivity index (χ1v) is 6.98. The number of nitriles is 1. The molecule has 2 aromatic rings. The molecule has 0 spiro atoms. The molecule has 1 unspecified atom stereocenters. The Bertz CT molecular complexity index is 686. The lowest BCUT2D eigenvalue weighted by molar-refractivity contribution is -0.137. The smallest absolute Gasteiger partial charge is 0.377 e. The van der Waals surface area contributed by atoms with Crippen molar-refractivity contribution in [3.63, 3.8) is 0 Å². The number of anilines is 1. The van der Waals surface area contributed by atoms with E-state index < -0.39 is 11.7 Å². The summed E-state index contributed by atoms with van der Waals surface area (Å²) in [6.07, 6.45) is -4.45. The fourth-order valence-corrected chi connectivity index (χ4v) is 2.77. The Morgan fingerprint density at radius 3 is 2.62 bits per heavy atom. The van der Waals surface area contributed by atoms with Crippen LogP contribution in [0.5, 0.6) is 0 Å². The number of hydrogen-bond donors (Lipinski definition) is 1. The molecule has 110 valence electrons. The van der Waals surface area contributed by atoms with Crippen molar-refractivity contribution in [2.75, 3.05) is 5.32 Å². The van der Waals surface area contributed by atoms with Gasteiger partial charge in [-0.3, -0.25) is 0 Å². The highest BCUT2D eigenvalue weighted by molar-refractivity contribution is 7.09. The van der Waals surface area contributed by atoms with Crippen LogP contribution in [0.1, 0.15) is 34.7 Å². The molecule has 0 saturated carbocycles. The zero-order chi connectivity index (χ0) is 15.6. The molecule has 1 aromatic heterocycles. The van der Waals surface area contributed by atoms with Gasteiger partial charge in [0, 0.05) is 4.88 Å². The van der Waals surface area contributed by atoms with E-state index in [1.54, 1.807) is 11.6 Å². The van der Waals surface area contributed by atoms with Gasteiger partial charge in [0.05, 0.1) is 34.1 Å². The third-order valence-electron chi connectivity index (χ3n) is 3.02. The molecule has 7 heteroatoms. The Labute approximate surface area is 124 Å². The van der Waals surface area contributed by atoms with E-state index in [1.807, 2.05) is 13.8 Å². The average Bonchev–Trinajstić information content (AvgIpc) is 2.84. The average molecular weight is 311 g/mol. The maximum Gasteiger partial charge on any atom is 0.416 e. The molecule has 0 aliphatic rings. The van der Waals surface area contributed by atoms with Crippen molar-refractivity contribution in [2.24, 2.45) is 0 Å². The fourth-order valence-electron chi connectivity index (χ4n) is 1.96. The highest BCUT2D eigenvalue weighted by atomic mass is 32.1. The summed E-state index contributed by atoms with van der Waals surface area (Å²) in [4.78, 5) is 5.12. The number of nitrogens with one attached hydrogen (secondary N) is 1. The van der Waals surface area contributed by atoms with Gasteiger partial charge in [0.15, 0.2) is 0 Å². The summed E-state index contributed by atoms with van der Waals surface area (Å²) in [6.45, 7) is 3.74. The topological polar surface area (TPSA) is 48.7 Å². The standard InChI is InChI=1S/C14H12F3N3S/c1-8-13(21-7-19-8)9(2)20-12-4-3-11(14(15,16)17)5-10(12)6-18/h3-5,7,9,20H,1-2H3. The number of alkyl halides is 3. The minimum Gasteiger partial charge on any atom is -0.377 e. The number of benzene rings is 1. The number of halogens is 3. The Kier molecular flexibility index (Phi) is 4.19. The van der Waals surface area contributed by atoms with E-state index in [4.69, 9.17) is 5.26 Å². The van der Waals surface area contributed by atoms with Crippen molar-refractivity contribution in [3.8, 4) is 6.07 Å². The van der Waals surface area contributed by atoms with Gasteiger partial charge >= 0.3 is 6.18 Å². The normalized spacial score (nSPS) is 12.8. The molecular formula is C14H12F3N3S. The van der Waals surface area contributed by atoms with Crippen LogP contribution in [-0.4, -0.2) is 4.98 Å². The molecule has 1 N–H and O–H groups in total. The number of thiazole rings is 1. The van der Waals surface area contributed by atoms with Crippen LogP contribution in [-0.2, 0) is 6.18 Å². The molecule has 0 bridgehead atoms. The quantitative estimate of drug-likeness (QED) is 0.907. The van der Waals surface area contributed by atoms with Crippen molar-refractivity contribution in [1.29, 1.82) is 5.26 Å². The summed E-state index contributed by atoms with van der Waals surface area (Å²) in [5, 5.41) is 12.1. The van der Waals surface area contributed by atoms with E-state index in [2.05, 4.69) is 10.3 Å². The summed E-state index contributed by atoms with van der Waals surface area (Å²) < 4.78 is 37.9. The largest absolute Gasteiger partial charge is 0.416 e. The van der Waals surface area contributed by atoms with Crippen molar-refractivity contribution < 1.29 is 13.2 Å². The first kappa shape index (κ1) is 15.3. The van der Waals surface area contributed by atoms with E-state index in [0.717, 1.165) is 22.7 Å². The molecule has 21 heavy (non-hydrogen) atoms. The lowest BCUT2D eigenvalue weighted by Crippen LogP contribution is -2.10. The van der Waals surface area contributed by atoms with Gasteiger partial charge < -0.3 is 5.32 Å². The first-order valence-electron chi connectivity index (χ1n) is 6.10. The molecule has 0 saturated heterocycles. The molecule has 1 aromatic carbocycles. The fraction of sp³-hybridized carbons (Fsp3) is 0.286. The highest BCUT2D eigenvalue weighted by Crippen LogP contribution is 2.33. The Morgan fingerprint density at radius 2 is 2.10 bits per heavy atom. The monoisotopic (exact) mass is 311 g/mol. The Balaban J connectivity index is 2.29. The second kappa shape index (κ2) is 5.74. The van der Waals surface area contributed by atoms with E-state index >= 15 is 0 Å². The maximum absolute atomic E-state index is 12.6. The van der Waals surface area contributed by atoms with Crippen LogP contribution < -0.4 is 5.32 Å². The van der Waals surface area contributed by atoms with Gasteiger partial charge in [-0.25, -0.2) is 4.98 Å². The van der Waals surface area contributed by atoms with Crippen LogP contribution in [0.25, 0.3) is 0 Å². The Hall–Kier alpha value is -2.07. The number of aryl methyl sites for hydroxylation is 1. The SMILES string of the molecule is Cc1ncsc1C(C)Nc1ccc(C(F)(F)F)cc1C#N. The molecule has 0 amide bonds. The predicted molar refractivity (Wildman–Crippen MR) is 75.0 cm³/mol. The number of aromatic nitrogens is 1. The summed E-state index contributed by atoms with van der Waals surface area (Å²) in [5.41, 5.74) is 2.10. The maximum atomic E-state index is 12.6. The zero-order valence-electron chi connectivity index (χ0n) is 11.3. The first-order chi connectivity index (χ1) is 9.82. The van der Waals surface area contributed by atoms with Crippen molar-refractivity contribution >= 4 is 17.0 Å². The molecule has 0 aliphatic heterocycles. The van der Waals surface area contributed by atoms with Gasteiger partial charge in [-0.1, -0.05) is 0 Å². The summed E-state index contributed by atoms with van der Waals surface area (Å²) in [5.74, 6) is 0. The Morgan fingerprint density at radius 1 is 1.38 bits per heavy atom. The van der Waals surface area contributed by atoms with Crippen LogP contribution in [0.4, 0.5) is 18.9 Å². The lowest BCUT2D eigenvalue weighted by atomic mass is 10.1. The van der Waals surface area contributed by atoms with Gasteiger partial charge in [0.2, 0.25) is 0 Å². The van der Waals surface area contributed by atoms with E-state index in [9.17, 15) is 13.2 Å². The third-order valence-corrected chi connectivity index (χ3v) is 4.13. The molecule has 0 radical (unpaired) electrons. The molecule has 1 heterocycles. The van der Waals surface area contributed by atoms with Gasteiger partial charge in [0.25, 0.3) is 0 Å². The van der Waals surface area contributed by atoms with Crippen molar-refractivity contribution in [2.45, 2.75) is 26.1 Å². The molecule has 3 nitrogen and oxygen atoms in total. The van der Waals surface area contributed by atoms with Gasteiger partial charge in [-0.05, 0) is 32.0 Å². The summed E-state index contributed by atoms with van der Waals surface area (Å²) >= 11 is 1.46. The number of nitrogens with zero attached hydrogens (tertiary/aromatic N) is 2. The lowest BCUT2D eigenvalue weighted by Gasteiger charge is -2.16. The van der Waals surface area contributed by atoms with Gasteiger partial charge in [0.1, 0.15) is 6.07 Å². The summed E-state index contributed by atoms with van der Waals surface area (Å²) in [6, 6.07) is 4.77. The van der Waals surface area contributed by atoms with E-state index in [-0.39, 0.29) is 11.6 Å². The van der Waals surface area contributed by atoms with Crippen LogP contribution in [0.2, 0.25) is 0 Å². The molecule has 0 aliphatic carbocycles. The van der Waals surface area contributed by atoms with Crippen LogP contribution in [0.15, 0.2) is 23.7 Å². The van der Waals surface area contributed by atoms with Gasteiger partial charge in [-0.2, -0.15) is 18.4 Å². The van der Waals surface area contributed by atoms with Crippen molar-refractivity contribution in [3.05, 3.63) is 45.4 Å². The zero-order valence-corrected chi connectivity index (χ0v) is 12.1. The molecular weight excluding hydrogens is 299 g/mol. The second-order valence-corrected chi connectivity index (χ2v) is 5.42. The minimum absolute atomic E-state index is 0.0288.